The number of ether oxygens (including phenoxy) is 2. The Morgan fingerprint density at radius 1 is 0.897 bits per heavy atom. The van der Waals surface area contributed by atoms with Gasteiger partial charge in [0.1, 0.15) is 11.5 Å². The van der Waals surface area contributed by atoms with Gasteiger partial charge in [-0.25, -0.2) is 0 Å². The lowest BCUT2D eigenvalue weighted by Crippen LogP contribution is -2.15. The molecule has 29 heavy (non-hydrogen) atoms. The molecule has 0 aliphatic heterocycles. The number of thioether (sulfide) groups is 1. The maximum Gasteiger partial charge on any atom is 0.247 e. The van der Waals surface area contributed by atoms with Crippen molar-refractivity contribution in [3.63, 3.8) is 0 Å². The molecule has 0 fully saturated rings. The fourth-order valence-corrected chi connectivity index (χ4v) is 3.22. The molecule has 2 aromatic carbocycles. The largest absolute Gasteiger partial charge is 0.494 e. The molecule has 7 heteroatoms. The van der Waals surface area contributed by atoms with E-state index in [1.54, 1.807) is 11.8 Å². The Labute approximate surface area is 176 Å². The smallest absolute Gasteiger partial charge is 0.247 e. The molecule has 0 saturated carbocycles. The van der Waals surface area contributed by atoms with Crippen LogP contribution in [0.1, 0.15) is 12.3 Å². The molecule has 0 saturated heterocycles. The van der Waals surface area contributed by atoms with E-state index in [0.29, 0.717) is 30.7 Å². The molecule has 0 unspecified atom stereocenters. The van der Waals surface area contributed by atoms with Crippen molar-refractivity contribution in [3.05, 3.63) is 60.5 Å². The Kier molecular flexibility index (Phi) is 8.40. The van der Waals surface area contributed by atoms with Crippen molar-refractivity contribution < 1.29 is 13.9 Å². The first kappa shape index (κ1) is 21.2. The predicted molar refractivity (Wildman–Crippen MR) is 116 cm³/mol. The maximum atomic E-state index is 5.77. The van der Waals surface area contributed by atoms with E-state index in [9.17, 15) is 0 Å². The third-order valence-corrected chi connectivity index (χ3v) is 4.96. The summed E-state index contributed by atoms with van der Waals surface area (Å²) in [4.78, 5) is 2.15. The number of para-hydroxylation sites is 1. The number of hydrogen-bond donors (Lipinski definition) is 0. The van der Waals surface area contributed by atoms with E-state index in [0.717, 1.165) is 35.8 Å². The number of rotatable bonds is 12. The molecule has 0 radical (unpaired) electrons. The second kappa shape index (κ2) is 11.5. The second-order valence-electron chi connectivity index (χ2n) is 6.74. The topological polar surface area (TPSA) is 60.6 Å². The fraction of sp³-hybridized carbons (Fsp3) is 0.364. The number of aromatic nitrogens is 2. The van der Waals surface area contributed by atoms with Crippen molar-refractivity contribution in [2.45, 2.75) is 12.2 Å². The molecule has 0 aliphatic rings. The Hall–Kier alpha value is -2.51. The van der Waals surface area contributed by atoms with E-state index in [-0.39, 0.29) is 0 Å². The lowest BCUT2D eigenvalue weighted by atomic mass is 10.2. The number of benzene rings is 2. The van der Waals surface area contributed by atoms with Crippen molar-refractivity contribution in [3.8, 4) is 23.0 Å². The Morgan fingerprint density at radius 2 is 1.62 bits per heavy atom. The van der Waals surface area contributed by atoms with Crippen molar-refractivity contribution in [2.24, 2.45) is 0 Å². The molecule has 0 amide bonds. The zero-order valence-electron chi connectivity index (χ0n) is 16.9. The molecule has 1 heterocycles. The highest BCUT2D eigenvalue weighted by molar-refractivity contribution is 7.98. The molecule has 6 nitrogen and oxygen atoms in total. The first-order valence-electron chi connectivity index (χ1n) is 9.66. The molecule has 3 aromatic rings. The van der Waals surface area contributed by atoms with Crippen LogP contribution in [0.25, 0.3) is 11.5 Å². The van der Waals surface area contributed by atoms with Crippen LogP contribution in [0.4, 0.5) is 0 Å². The molecular formula is C22H27N3O3S. The zero-order valence-corrected chi connectivity index (χ0v) is 17.7. The fourth-order valence-electron chi connectivity index (χ4n) is 2.59. The molecule has 154 valence electrons. The van der Waals surface area contributed by atoms with Gasteiger partial charge < -0.3 is 18.8 Å². The summed E-state index contributed by atoms with van der Waals surface area (Å²) in [5.74, 6) is 4.40. The first-order chi connectivity index (χ1) is 14.2. The van der Waals surface area contributed by atoms with Crippen LogP contribution in [0.3, 0.4) is 0 Å². The van der Waals surface area contributed by atoms with Crippen LogP contribution < -0.4 is 9.47 Å². The van der Waals surface area contributed by atoms with Gasteiger partial charge in [-0.2, -0.15) is 0 Å². The molecule has 1 aromatic heterocycles. The normalized spacial score (nSPS) is 11.0. The monoisotopic (exact) mass is 413 g/mol. The second-order valence-corrected chi connectivity index (χ2v) is 7.85. The lowest BCUT2D eigenvalue weighted by molar-refractivity contribution is 0.281. The standard InChI is InChI=1S/C22H27N3O3S/c1-25(2)13-6-14-26-20-11-9-18(10-12-20)22-24-23-21(28-22)17-29-16-15-27-19-7-4-3-5-8-19/h3-5,7-12H,6,13-17H2,1-2H3. The lowest BCUT2D eigenvalue weighted by Gasteiger charge is -2.10. The van der Waals surface area contributed by atoms with Gasteiger partial charge in [0, 0.05) is 17.9 Å². The van der Waals surface area contributed by atoms with E-state index in [2.05, 4.69) is 29.2 Å². The molecule has 0 atom stereocenters. The van der Waals surface area contributed by atoms with Crippen LogP contribution in [0.5, 0.6) is 11.5 Å². The van der Waals surface area contributed by atoms with Crippen LogP contribution in [0.15, 0.2) is 59.0 Å². The number of nitrogens with zero attached hydrogens (tertiary/aromatic N) is 3. The predicted octanol–water partition coefficient (Wildman–Crippen LogP) is 4.38. The molecule has 0 aliphatic carbocycles. The van der Waals surface area contributed by atoms with E-state index >= 15 is 0 Å². The minimum absolute atomic E-state index is 0.528. The molecule has 0 spiro atoms. The third-order valence-electron chi connectivity index (χ3n) is 4.05. The van der Waals surface area contributed by atoms with Gasteiger partial charge in [0.2, 0.25) is 11.8 Å². The van der Waals surface area contributed by atoms with Gasteiger partial charge in [0.15, 0.2) is 0 Å². The zero-order chi connectivity index (χ0) is 20.3. The summed E-state index contributed by atoms with van der Waals surface area (Å²) < 4.78 is 17.2. The van der Waals surface area contributed by atoms with Gasteiger partial charge in [-0.15, -0.1) is 22.0 Å². The highest BCUT2D eigenvalue weighted by atomic mass is 32.2. The minimum Gasteiger partial charge on any atom is -0.494 e. The summed E-state index contributed by atoms with van der Waals surface area (Å²) in [5, 5.41) is 8.28. The van der Waals surface area contributed by atoms with Gasteiger partial charge in [-0.3, -0.25) is 0 Å². The minimum atomic E-state index is 0.528. The summed E-state index contributed by atoms with van der Waals surface area (Å²) in [7, 11) is 4.12. The highest BCUT2D eigenvalue weighted by Gasteiger charge is 2.09. The van der Waals surface area contributed by atoms with Gasteiger partial charge >= 0.3 is 0 Å². The van der Waals surface area contributed by atoms with Gasteiger partial charge in [-0.05, 0) is 56.9 Å². The average molecular weight is 414 g/mol. The molecular weight excluding hydrogens is 386 g/mol. The van der Waals surface area contributed by atoms with Gasteiger partial charge in [0.25, 0.3) is 0 Å². The van der Waals surface area contributed by atoms with Crippen LogP contribution in [-0.2, 0) is 5.75 Å². The Bertz CT molecular complexity index is 838. The van der Waals surface area contributed by atoms with Crippen molar-refractivity contribution in [2.75, 3.05) is 39.6 Å². The molecule has 3 rings (SSSR count). The van der Waals surface area contributed by atoms with E-state index in [4.69, 9.17) is 13.9 Å². The molecule has 0 N–H and O–H groups in total. The van der Waals surface area contributed by atoms with Crippen molar-refractivity contribution in [1.29, 1.82) is 0 Å². The SMILES string of the molecule is CN(C)CCCOc1ccc(-c2nnc(CSCCOc3ccccc3)o2)cc1. The van der Waals surface area contributed by atoms with Gasteiger partial charge in [-0.1, -0.05) is 18.2 Å². The van der Waals surface area contributed by atoms with Crippen LogP contribution in [0, 0.1) is 0 Å². The van der Waals surface area contributed by atoms with Crippen molar-refractivity contribution in [1.82, 2.24) is 15.1 Å². The van der Waals surface area contributed by atoms with E-state index in [1.165, 1.54) is 0 Å². The third kappa shape index (κ3) is 7.44. The van der Waals surface area contributed by atoms with Crippen LogP contribution in [-0.4, -0.2) is 54.7 Å². The average Bonchev–Trinajstić information content (AvgIpc) is 3.21. The van der Waals surface area contributed by atoms with E-state index in [1.807, 2.05) is 54.6 Å². The van der Waals surface area contributed by atoms with Crippen molar-refractivity contribution >= 4 is 11.8 Å². The van der Waals surface area contributed by atoms with Crippen LogP contribution >= 0.6 is 11.8 Å². The summed E-state index contributed by atoms with van der Waals surface area (Å²) >= 11 is 1.71. The highest BCUT2D eigenvalue weighted by Crippen LogP contribution is 2.23. The van der Waals surface area contributed by atoms with Gasteiger partial charge in [0.05, 0.1) is 19.0 Å². The summed E-state index contributed by atoms with van der Waals surface area (Å²) in [6, 6.07) is 17.6. The Balaban J connectivity index is 1.38. The Morgan fingerprint density at radius 3 is 2.38 bits per heavy atom. The molecule has 0 bridgehead atoms. The first-order valence-corrected chi connectivity index (χ1v) is 10.8. The maximum absolute atomic E-state index is 5.77. The number of hydrogen-bond acceptors (Lipinski definition) is 7. The summed E-state index contributed by atoms with van der Waals surface area (Å²) in [6.07, 6.45) is 0.996. The van der Waals surface area contributed by atoms with Crippen LogP contribution in [0.2, 0.25) is 0 Å². The summed E-state index contributed by atoms with van der Waals surface area (Å²) in [6.45, 7) is 2.36. The quantitative estimate of drug-likeness (QED) is 0.408. The van der Waals surface area contributed by atoms with E-state index < -0.39 is 0 Å². The summed E-state index contributed by atoms with van der Waals surface area (Å²) in [5.41, 5.74) is 0.891.